The first kappa shape index (κ1) is 13.9. The van der Waals surface area contributed by atoms with Gasteiger partial charge in [0.1, 0.15) is 0 Å². The molecule has 2 aliphatic heterocycles. The van der Waals surface area contributed by atoms with Crippen LogP contribution in [0.4, 0.5) is 11.4 Å². The maximum atomic E-state index is 12.4. The summed E-state index contributed by atoms with van der Waals surface area (Å²) in [5.74, 6) is -0.337. The first-order valence-corrected chi connectivity index (χ1v) is 7.44. The van der Waals surface area contributed by atoms with Crippen LogP contribution in [-0.2, 0) is 20.7 Å². The number of nitrogens with zero attached hydrogens (tertiary/aromatic N) is 2. The molecule has 0 bridgehead atoms. The van der Waals surface area contributed by atoms with E-state index in [9.17, 15) is 9.59 Å². The first-order chi connectivity index (χ1) is 10.2. The number of benzene rings is 1. The Balaban J connectivity index is 1.82. The van der Waals surface area contributed by atoms with E-state index in [0.717, 1.165) is 25.2 Å². The molecule has 0 radical (unpaired) electrons. The maximum absolute atomic E-state index is 12.4. The molecule has 2 heterocycles. The molecule has 0 N–H and O–H groups in total. The molecule has 0 aliphatic carbocycles. The number of carbonyl (C=O) groups is 2. The number of hydrogen-bond donors (Lipinski definition) is 0. The van der Waals surface area contributed by atoms with E-state index in [1.54, 1.807) is 0 Å². The molecular formula is C16H20N2O3. The molecule has 1 aromatic carbocycles. The molecule has 0 aromatic heterocycles. The lowest BCUT2D eigenvalue weighted by molar-refractivity contribution is -0.141. The molecule has 0 saturated heterocycles. The minimum atomic E-state index is -0.336. The SMILES string of the molecule is COC(=O)CCC(=O)N1CCN2CCCc3cccc1c32. The number of amides is 1. The Morgan fingerprint density at radius 3 is 2.86 bits per heavy atom. The molecule has 3 rings (SSSR count). The summed E-state index contributed by atoms with van der Waals surface area (Å²) >= 11 is 0. The van der Waals surface area contributed by atoms with Gasteiger partial charge in [0.15, 0.2) is 0 Å². The van der Waals surface area contributed by atoms with Crippen LogP contribution in [0.2, 0.25) is 0 Å². The number of hydrogen-bond acceptors (Lipinski definition) is 4. The van der Waals surface area contributed by atoms with Crippen LogP contribution in [0.3, 0.4) is 0 Å². The number of esters is 1. The first-order valence-electron chi connectivity index (χ1n) is 7.44. The van der Waals surface area contributed by atoms with E-state index in [1.807, 2.05) is 17.0 Å². The van der Waals surface area contributed by atoms with E-state index < -0.39 is 0 Å². The van der Waals surface area contributed by atoms with Gasteiger partial charge in [-0.3, -0.25) is 9.59 Å². The standard InChI is InChI=1S/C16H20N2O3/c1-21-15(20)8-7-14(19)18-11-10-17-9-3-5-12-4-2-6-13(18)16(12)17/h2,4,6H,3,5,7-11H2,1H3. The van der Waals surface area contributed by atoms with Crippen LogP contribution in [0.15, 0.2) is 18.2 Å². The van der Waals surface area contributed by atoms with Gasteiger partial charge in [0.05, 0.1) is 24.9 Å². The van der Waals surface area contributed by atoms with Gasteiger partial charge in [-0.05, 0) is 24.5 Å². The van der Waals surface area contributed by atoms with Gasteiger partial charge in [0.2, 0.25) is 5.91 Å². The number of methoxy groups -OCH3 is 1. The van der Waals surface area contributed by atoms with E-state index in [4.69, 9.17) is 0 Å². The van der Waals surface area contributed by atoms with Gasteiger partial charge < -0.3 is 14.5 Å². The second kappa shape index (κ2) is 5.76. The van der Waals surface area contributed by atoms with Crippen molar-refractivity contribution < 1.29 is 14.3 Å². The highest BCUT2D eigenvalue weighted by Gasteiger charge is 2.30. The summed E-state index contributed by atoms with van der Waals surface area (Å²) in [4.78, 5) is 27.8. The zero-order valence-electron chi connectivity index (χ0n) is 12.3. The zero-order chi connectivity index (χ0) is 14.8. The molecule has 2 aliphatic rings. The fourth-order valence-electron chi connectivity index (χ4n) is 3.20. The molecule has 0 fully saturated rings. The van der Waals surface area contributed by atoms with E-state index in [2.05, 4.69) is 15.7 Å². The Morgan fingerprint density at radius 1 is 1.19 bits per heavy atom. The molecule has 0 unspecified atom stereocenters. The van der Waals surface area contributed by atoms with Crippen molar-refractivity contribution in [2.45, 2.75) is 25.7 Å². The van der Waals surface area contributed by atoms with Gasteiger partial charge in [-0.1, -0.05) is 12.1 Å². The lowest BCUT2D eigenvalue weighted by Crippen LogP contribution is -2.46. The smallest absolute Gasteiger partial charge is 0.306 e. The van der Waals surface area contributed by atoms with Gasteiger partial charge in [-0.25, -0.2) is 0 Å². The van der Waals surface area contributed by atoms with Gasteiger partial charge in [-0.15, -0.1) is 0 Å². The summed E-state index contributed by atoms with van der Waals surface area (Å²) < 4.78 is 4.60. The Bertz CT molecular complexity index is 571. The van der Waals surface area contributed by atoms with Crippen LogP contribution in [0, 0.1) is 0 Å². The second-order valence-electron chi connectivity index (χ2n) is 5.50. The van der Waals surface area contributed by atoms with Crippen LogP contribution in [0.25, 0.3) is 0 Å². The average Bonchev–Trinajstić information content (AvgIpc) is 2.53. The van der Waals surface area contributed by atoms with Crippen LogP contribution in [0.1, 0.15) is 24.8 Å². The molecule has 112 valence electrons. The fourth-order valence-corrected chi connectivity index (χ4v) is 3.20. The van der Waals surface area contributed by atoms with Crippen LogP contribution >= 0.6 is 0 Å². The molecule has 1 aromatic rings. The monoisotopic (exact) mass is 288 g/mol. The summed E-state index contributed by atoms with van der Waals surface area (Å²) in [7, 11) is 1.35. The van der Waals surface area contributed by atoms with Crippen molar-refractivity contribution >= 4 is 23.3 Å². The van der Waals surface area contributed by atoms with Crippen molar-refractivity contribution in [1.82, 2.24) is 0 Å². The summed E-state index contributed by atoms with van der Waals surface area (Å²) in [6.07, 6.45) is 2.59. The maximum Gasteiger partial charge on any atom is 0.306 e. The van der Waals surface area contributed by atoms with Crippen molar-refractivity contribution in [3.63, 3.8) is 0 Å². The topological polar surface area (TPSA) is 49.9 Å². The number of aryl methyl sites for hydroxylation is 1. The minimum absolute atomic E-state index is 0.000904. The summed E-state index contributed by atoms with van der Waals surface area (Å²) in [5, 5.41) is 0. The highest BCUT2D eigenvalue weighted by Crippen LogP contribution is 2.39. The Labute approximate surface area is 124 Å². The third kappa shape index (κ3) is 2.60. The number of carbonyl (C=O) groups excluding carboxylic acids is 2. The normalized spacial score (nSPS) is 16.4. The van der Waals surface area contributed by atoms with Crippen LogP contribution in [-0.4, -0.2) is 38.6 Å². The highest BCUT2D eigenvalue weighted by atomic mass is 16.5. The summed E-state index contributed by atoms with van der Waals surface area (Å²) in [6.45, 7) is 2.62. The molecule has 0 saturated carbocycles. The number of rotatable bonds is 3. The number of anilines is 2. The van der Waals surface area contributed by atoms with Crippen molar-refractivity contribution in [1.29, 1.82) is 0 Å². The van der Waals surface area contributed by atoms with E-state index in [-0.39, 0.29) is 24.7 Å². The van der Waals surface area contributed by atoms with Gasteiger partial charge in [0, 0.05) is 26.1 Å². The molecule has 5 heteroatoms. The molecular weight excluding hydrogens is 268 g/mol. The molecule has 0 spiro atoms. The molecule has 21 heavy (non-hydrogen) atoms. The Morgan fingerprint density at radius 2 is 2.05 bits per heavy atom. The van der Waals surface area contributed by atoms with Crippen LogP contribution in [0.5, 0.6) is 0 Å². The second-order valence-corrected chi connectivity index (χ2v) is 5.50. The van der Waals surface area contributed by atoms with Crippen molar-refractivity contribution in [3.05, 3.63) is 23.8 Å². The Hall–Kier alpha value is -2.04. The third-order valence-corrected chi connectivity index (χ3v) is 4.24. The van der Waals surface area contributed by atoms with E-state index in [0.29, 0.717) is 6.54 Å². The zero-order valence-corrected chi connectivity index (χ0v) is 12.3. The van der Waals surface area contributed by atoms with Crippen molar-refractivity contribution in [3.8, 4) is 0 Å². The van der Waals surface area contributed by atoms with E-state index >= 15 is 0 Å². The highest BCUT2D eigenvalue weighted by molar-refractivity contribution is 5.99. The van der Waals surface area contributed by atoms with E-state index in [1.165, 1.54) is 24.8 Å². The minimum Gasteiger partial charge on any atom is -0.469 e. The van der Waals surface area contributed by atoms with Crippen LogP contribution < -0.4 is 9.80 Å². The predicted molar refractivity (Wildman–Crippen MR) is 80.6 cm³/mol. The van der Waals surface area contributed by atoms with Gasteiger partial charge in [-0.2, -0.15) is 0 Å². The lowest BCUT2D eigenvalue weighted by atomic mass is 9.98. The average molecular weight is 288 g/mol. The van der Waals surface area contributed by atoms with Gasteiger partial charge >= 0.3 is 5.97 Å². The number of ether oxygens (including phenoxy) is 1. The predicted octanol–water partition coefficient (Wildman–Crippen LogP) is 1.74. The summed E-state index contributed by atoms with van der Waals surface area (Å²) in [6, 6.07) is 6.17. The Kier molecular flexibility index (Phi) is 3.82. The molecule has 1 amide bonds. The fraction of sp³-hybridized carbons (Fsp3) is 0.500. The quantitative estimate of drug-likeness (QED) is 0.795. The largest absolute Gasteiger partial charge is 0.469 e. The number of para-hydroxylation sites is 1. The molecule has 5 nitrogen and oxygen atoms in total. The van der Waals surface area contributed by atoms with Gasteiger partial charge in [0.25, 0.3) is 0 Å². The summed E-state index contributed by atoms with van der Waals surface area (Å²) in [5.41, 5.74) is 3.53. The van der Waals surface area contributed by atoms with Crippen molar-refractivity contribution in [2.75, 3.05) is 36.5 Å². The molecule has 0 atom stereocenters. The van der Waals surface area contributed by atoms with Crippen molar-refractivity contribution in [2.24, 2.45) is 0 Å². The third-order valence-electron chi connectivity index (χ3n) is 4.24. The lowest BCUT2D eigenvalue weighted by Gasteiger charge is -2.41.